The maximum atomic E-state index is 13.1. The minimum atomic E-state index is -0.964. The van der Waals surface area contributed by atoms with Crippen molar-refractivity contribution in [1.29, 1.82) is 0 Å². The fourth-order valence-corrected chi connectivity index (χ4v) is 3.19. The number of thioether (sulfide) groups is 1. The number of halogens is 5. The summed E-state index contributed by atoms with van der Waals surface area (Å²) in [6, 6.07) is 6.32. The smallest absolute Gasteiger partial charge is 0.234 e. The predicted octanol–water partition coefficient (Wildman–Crippen LogP) is 5.66. The third-order valence-electron chi connectivity index (χ3n) is 2.53. The van der Waals surface area contributed by atoms with E-state index in [-0.39, 0.29) is 27.4 Å². The highest BCUT2D eigenvalue weighted by molar-refractivity contribution is 8.00. The van der Waals surface area contributed by atoms with E-state index in [1.165, 1.54) is 18.2 Å². The molecule has 2 nitrogen and oxygen atoms in total. The van der Waals surface area contributed by atoms with Gasteiger partial charge in [-0.1, -0.05) is 34.8 Å². The van der Waals surface area contributed by atoms with Crippen molar-refractivity contribution in [2.75, 3.05) is 11.1 Å². The van der Waals surface area contributed by atoms with E-state index in [9.17, 15) is 13.6 Å². The molecule has 116 valence electrons. The molecule has 0 aliphatic rings. The molecule has 1 N–H and O–H groups in total. The van der Waals surface area contributed by atoms with Crippen LogP contribution in [0, 0.1) is 11.6 Å². The van der Waals surface area contributed by atoms with E-state index in [1.807, 2.05) is 0 Å². The van der Waals surface area contributed by atoms with E-state index in [0.717, 1.165) is 23.9 Å². The highest BCUT2D eigenvalue weighted by atomic mass is 35.5. The normalized spacial score (nSPS) is 10.6. The average Bonchev–Trinajstić information content (AvgIpc) is 2.44. The number of anilines is 1. The fourth-order valence-electron chi connectivity index (χ4n) is 1.55. The maximum Gasteiger partial charge on any atom is 0.234 e. The molecule has 0 spiro atoms. The van der Waals surface area contributed by atoms with Crippen LogP contribution >= 0.6 is 46.6 Å². The van der Waals surface area contributed by atoms with Crippen molar-refractivity contribution in [2.24, 2.45) is 0 Å². The van der Waals surface area contributed by atoms with E-state index in [4.69, 9.17) is 34.8 Å². The molecule has 0 radical (unpaired) electrons. The number of nitrogens with one attached hydrogen (secondary N) is 1. The van der Waals surface area contributed by atoms with Crippen LogP contribution in [0.25, 0.3) is 0 Å². The first-order valence-electron chi connectivity index (χ1n) is 5.89. The molecule has 2 rings (SSSR count). The lowest BCUT2D eigenvalue weighted by molar-refractivity contribution is -0.113. The molecule has 0 heterocycles. The molecule has 22 heavy (non-hydrogen) atoms. The lowest BCUT2D eigenvalue weighted by atomic mass is 10.3. The minimum Gasteiger partial charge on any atom is -0.323 e. The van der Waals surface area contributed by atoms with Crippen molar-refractivity contribution in [3.8, 4) is 0 Å². The number of carbonyl (C=O) groups excluding carboxylic acids is 1. The Hall–Kier alpha value is -1.01. The molecule has 2 aromatic carbocycles. The lowest BCUT2D eigenvalue weighted by Crippen LogP contribution is -2.14. The molecule has 0 fully saturated rings. The first-order chi connectivity index (χ1) is 10.4. The van der Waals surface area contributed by atoms with Gasteiger partial charge >= 0.3 is 0 Å². The summed E-state index contributed by atoms with van der Waals surface area (Å²) in [7, 11) is 0. The van der Waals surface area contributed by atoms with Crippen LogP contribution in [0.4, 0.5) is 14.5 Å². The van der Waals surface area contributed by atoms with Gasteiger partial charge in [0.15, 0.2) is 11.6 Å². The summed E-state index contributed by atoms with van der Waals surface area (Å²) in [6.07, 6.45) is 0. The Kier molecular flexibility index (Phi) is 5.92. The van der Waals surface area contributed by atoms with Crippen molar-refractivity contribution in [1.82, 2.24) is 0 Å². The van der Waals surface area contributed by atoms with Crippen molar-refractivity contribution < 1.29 is 13.6 Å². The Morgan fingerprint density at radius 3 is 2.27 bits per heavy atom. The van der Waals surface area contributed by atoms with Gasteiger partial charge in [0.25, 0.3) is 0 Å². The minimum absolute atomic E-state index is 0.0135. The second kappa shape index (κ2) is 7.51. The van der Waals surface area contributed by atoms with Gasteiger partial charge in [-0.2, -0.15) is 0 Å². The number of hydrogen-bond donors (Lipinski definition) is 1. The van der Waals surface area contributed by atoms with Gasteiger partial charge in [-0.25, -0.2) is 8.78 Å². The zero-order valence-corrected chi connectivity index (χ0v) is 13.9. The van der Waals surface area contributed by atoms with Gasteiger partial charge in [0, 0.05) is 9.92 Å². The summed E-state index contributed by atoms with van der Waals surface area (Å²) in [5, 5.41) is 3.33. The molecular formula is C14H8Cl3F2NOS. The Labute approximate surface area is 144 Å². The monoisotopic (exact) mass is 381 g/mol. The Morgan fingerprint density at radius 2 is 1.68 bits per heavy atom. The van der Waals surface area contributed by atoms with Crippen LogP contribution in [-0.4, -0.2) is 11.7 Å². The van der Waals surface area contributed by atoms with Crippen molar-refractivity contribution in [3.05, 3.63) is 57.0 Å². The second-order valence-electron chi connectivity index (χ2n) is 4.16. The van der Waals surface area contributed by atoms with Gasteiger partial charge in [-0.05, 0) is 30.3 Å². The summed E-state index contributed by atoms with van der Waals surface area (Å²) in [4.78, 5) is 12.3. The van der Waals surface area contributed by atoms with Gasteiger partial charge < -0.3 is 5.32 Å². The van der Waals surface area contributed by atoms with Gasteiger partial charge in [0.2, 0.25) is 5.91 Å². The molecule has 0 atom stereocenters. The van der Waals surface area contributed by atoms with E-state index < -0.39 is 11.6 Å². The number of hydrogen-bond acceptors (Lipinski definition) is 2. The number of amides is 1. The molecular weight excluding hydrogens is 375 g/mol. The van der Waals surface area contributed by atoms with Gasteiger partial charge in [0.05, 0.1) is 21.5 Å². The summed E-state index contributed by atoms with van der Waals surface area (Å²) in [5.41, 5.74) is 0.253. The van der Waals surface area contributed by atoms with Crippen LogP contribution in [0.5, 0.6) is 0 Å². The van der Waals surface area contributed by atoms with E-state index in [0.29, 0.717) is 9.92 Å². The SMILES string of the molecule is O=C(CSc1ccc(F)c(F)c1)Nc1c(Cl)cc(Cl)cc1Cl. The summed E-state index contributed by atoms with van der Waals surface area (Å²) in [6.45, 7) is 0. The van der Waals surface area contributed by atoms with E-state index in [1.54, 1.807) is 0 Å². The van der Waals surface area contributed by atoms with Gasteiger partial charge in [-0.15, -0.1) is 11.8 Å². The van der Waals surface area contributed by atoms with E-state index >= 15 is 0 Å². The predicted molar refractivity (Wildman–Crippen MR) is 87.2 cm³/mol. The molecule has 0 saturated heterocycles. The standard InChI is InChI=1S/C14H8Cl3F2NOS/c15-7-3-9(16)14(10(17)4-7)20-13(21)6-22-8-1-2-11(18)12(19)5-8/h1-5H,6H2,(H,20,21). The zero-order chi connectivity index (χ0) is 16.3. The Balaban J connectivity index is 2.00. The third-order valence-corrected chi connectivity index (χ3v) is 4.34. The number of carbonyl (C=O) groups is 1. The van der Waals surface area contributed by atoms with Crippen LogP contribution in [0.15, 0.2) is 35.2 Å². The summed E-state index contributed by atoms with van der Waals surface area (Å²) < 4.78 is 25.9. The molecule has 0 aliphatic heterocycles. The lowest BCUT2D eigenvalue weighted by Gasteiger charge is -2.09. The van der Waals surface area contributed by atoms with Gasteiger partial charge in [0.1, 0.15) is 0 Å². The zero-order valence-electron chi connectivity index (χ0n) is 10.8. The highest BCUT2D eigenvalue weighted by Crippen LogP contribution is 2.33. The molecule has 2 aromatic rings. The Morgan fingerprint density at radius 1 is 1.05 bits per heavy atom. The second-order valence-corrected chi connectivity index (χ2v) is 6.46. The van der Waals surface area contributed by atoms with Crippen LogP contribution in [-0.2, 0) is 4.79 Å². The maximum absolute atomic E-state index is 13.1. The van der Waals surface area contributed by atoms with Crippen molar-refractivity contribution in [3.63, 3.8) is 0 Å². The van der Waals surface area contributed by atoms with E-state index in [2.05, 4.69) is 5.32 Å². The van der Waals surface area contributed by atoms with Crippen LogP contribution in [0.3, 0.4) is 0 Å². The quantitative estimate of drug-likeness (QED) is 0.692. The number of benzene rings is 2. The molecule has 0 aliphatic carbocycles. The van der Waals surface area contributed by atoms with Crippen molar-refractivity contribution >= 4 is 58.2 Å². The molecule has 0 bridgehead atoms. The van der Waals surface area contributed by atoms with Crippen LogP contribution < -0.4 is 5.32 Å². The Bertz CT molecular complexity index is 704. The van der Waals surface area contributed by atoms with Crippen LogP contribution in [0.2, 0.25) is 15.1 Å². The average molecular weight is 383 g/mol. The first-order valence-corrected chi connectivity index (χ1v) is 8.01. The molecule has 0 saturated carbocycles. The molecule has 8 heteroatoms. The first kappa shape index (κ1) is 17.3. The summed E-state index contributed by atoms with van der Waals surface area (Å²) in [5.74, 6) is -2.30. The fraction of sp³-hybridized carbons (Fsp3) is 0.0714. The third kappa shape index (κ3) is 4.49. The van der Waals surface area contributed by atoms with Gasteiger partial charge in [-0.3, -0.25) is 4.79 Å². The molecule has 0 aromatic heterocycles. The van der Waals surface area contributed by atoms with Crippen molar-refractivity contribution in [2.45, 2.75) is 4.90 Å². The number of rotatable bonds is 4. The van der Waals surface area contributed by atoms with Crippen LogP contribution in [0.1, 0.15) is 0 Å². The molecule has 1 amide bonds. The summed E-state index contributed by atoms with van der Waals surface area (Å²) >= 11 is 18.7. The molecule has 0 unspecified atom stereocenters. The largest absolute Gasteiger partial charge is 0.323 e. The highest BCUT2D eigenvalue weighted by Gasteiger charge is 2.12. The topological polar surface area (TPSA) is 29.1 Å².